The van der Waals surface area contributed by atoms with Crippen molar-refractivity contribution >= 4 is 25.7 Å². The number of aliphatic hydroxyl groups excluding tert-OH is 1. The van der Waals surface area contributed by atoms with Gasteiger partial charge in [0.25, 0.3) is 0 Å². The van der Waals surface area contributed by atoms with E-state index in [-0.39, 0.29) is 25.9 Å². The number of phosphoric ester groups is 1. The highest BCUT2D eigenvalue weighted by atomic mass is 31.2. The van der Waals surface area contributed by atoms with Gasteiger partial charge in [-0.3, -0.25) is 23.4 Å². The molecule has 0 saturated carbocycles. The third-order valence-corrected chi connectivity index (χ3v) is 13.1. The zero-order valence-electron chi connectivity index (χ0n) is 47.9. The van der Waals surface area contributed by atoms with Gasteiger partial charge in [-0.05, 0) is 122 Å². The summed E-state index contributed by atoms with van der Waals surface area (Å²) < 4.78 is 39.5. The molecular weight excluding hydrogens is 976 g/mol. The molecule has 0 aromatic heterocycles. The Morgan fingerprint density at radius 2 is 0.684 bits per heavy atom. The molecule has 3 atom stereocenters. The molecule has 0 amide bonds. The van der Waals surface area contributed by atoms with Gasteiger partial charge in [0.05, 0.1) is 19.8 Å². The van der Waals surface area contributed by atoms with Gasteiger partial charge in [0.15, 0.2) is 6.10 Å². The Kier molecular flexibility index (Phi) is 54.4. The summed E-state index contributed by atoms with van der Waals surface area (Å²) >= 11 is 0. The summed E-state index contributed by atoms with van der Waals surface area (Å²) in [6.45, 7) is 4.33. The topological polar surface area (TPSA) is 155 Å². The minimum atomic E-state index is -4.77. The molecule has 0 aliphatic heterocycles. The first-order valence-electron chi connectivity index (χ1n) is 29.8. The molecule has 0 bridgehead atoms. The van der Waals surface area contributed by atoms with Gasteiger partial charge in [-0.2, -0.15) is 0 Å². The van der Waals surface area contributed by atoms with Crippen molar-refractivity contribution in [3.05, 3.63) is 109 Å². The highest BCUT2D eigenvalue weighted by Crippen LogP contribution is 2.43. The normalized spacial score (nSPS) is 14.1. The van der Waals surface area contributed by atoms with Crippen LogP contribution in [0.25, 0.3) is 0 Å². The molecule has 0 heterocycles. The van der Waals surface area contributed by atoms with E-state index >= 15 is 0 Å². The maximum absolute atomic E-state index is 12.9. The average Bonchev–Trinajstić information content (AvgIpc) is 3.41. The predicted octanol–water partition coefficient (Wildman–Crippen LogP) is 17.8. The fourth-order valence-corrected chi connectivity index (χ4v) is 8.47. The van der Waals surface area contributed by atoms with Gasteiger partial charge < -0.3 is 24.2 Å². The van der Waals surface area contributed by atoms with Crippen LogP contribution in [-0.4, -0.2) is 66.5 Å². The van der Waals surface area contributed by atoms with E-state index in [4.69, 9.17) is 23.3 Å². The fraction of sp³-hybridized carbons (Fsp3) is 0.672. The molecule has 0 aliphatic carbocycles. The van der Waals surface area contributed by atoms with Gasteiger partial charge >= 0.3 is 25.7 Å². The lowest BCUT2D eigenvalue weighted by atomic mass is 10.1. The van der Waals surface area contributed by atoms with Crippen LogP contribution in [0.1, 0.15) is 239 Å². The molecule has 12 heteroatoms. The monoisotopic (exact) mass is 1080 g/mol. The number of rotatable bonds is 54. The number of hydrogen-bond donors (Lipinski definition) is 2. The van der Waals surface area contributed by atoms with Gasteiger partial charge in [0.1, 0.15) is 12.7 Å². The number of phosphoric acid groups is 1. The molecule has 0 rings (SSSR count). The van der Waals surface area contributed by atoms with Crippen molar-refractivity contribution in [3.63, 3.8) is 0 Å². The van der Waals surface area contributed by atoms with E-state index in [0.29, 0.717) is 19.3 Å². The van der Waals surface area contributed by atoms with Crippen molar-refractivity contribution in [1.82, 2.24) is 0 Å². The molecule has 434 valence electrons. The summed E-state index contributed by atoms with van der Waals surface area (Å²) in [5, 5.41) is 9.83. The first-order valence-corrected chi connectivity index (χ1v) is 31.3. The quantitative estimate of drug-likeness (QED) is 0.0197. The number of unbranched alkanes of at least 4 members (excludes halogenated alkanes) is 19. The molecule has 11 nitrogen and oxygen atoms in total. The van der Waals surface area contributed by atoms with Gasteiger partial charge in [0, 0.05) is 19.3 Å². The molecule has 0 fully saturated rings. The maximum Gasteiger partial charge on any atom is 0.472 e. The van der Waals surface area contributed by atoms with Crippen LogP contribution in [0.15, 0.2) is 109 Å². The summed E-state index contributed by atoms with van der Waals surface area (Å²) in [7, 11) is -4.77. The maximum atomic E-state index is 12.9. The van der Waals surface area contributed by atoms with Crippen LogP contribution in [0, 0.1) is 0 Å². The fourth-order valence-electron chi connectivity index (χ4n) is 7.69. The van der Waals surface area contributed by atoms with E-state index in [9.17, 15) is 28.9 Å². The molecule has 0 saturated heterocycles. The minimum Gasteiger partial charge on any atom is -0.462 e. The number of carbonyl (C=O) groups is 3. The van der Waals surface area contributed by atoms with Gasteiger partial charge in [0.2, 0.25) is 0 Å². The van der Waals surface area contributed by atoms with Crippen LogP contribution < -0.4 is 0 Å². The van der Waals surface area contributed by atoms with E-state index in [1.54, 1.807) is 0 Å². The highest BCUT2D eigenvalue weighted by Gasteiger charge is 2.28. The number of hydrogen-bond acceptors (Lipinski definition) is 10. The number of allylic oxidation sites excluding steroid dienone is 18. The van der Waals surface area contributed by atoms with E-state index in [2.05, 4.69) is 130 Å². The first-order chi connectivity index (χ1) is 37.2. The molecule has 0 aromatic rings. The van der Waals surface area contributed by atoms with Crippen LogP contribution >= 0.6 is 7.82 Å². The van der Waals surface area contributed by atoms with Gasteiger partial charge in [-0.1, -0.05) is 207 Å². The Morgan fingerprint density at radius 1 is 0.382 bits per heavy atom. The third kappa shape index (κ3) is 54.9. The van der Waals surface area contributed by atoms with Crippen molar-refractivity contribution in [1.29, 1.82) is 0 Å². The summed E-state index contributed by atoms with van der Waals surface area (Å²) in [6.07, 6.45) is 69.0. The van der Waals surface area contributed by atoms with Crippen LogP contribution in [0.4, 0.5) is 0 Å². The lowest BCUT2D eigenvalue weighted by Crippen LogP contribution is -2.30. The molecule has 0 aromatic carbocycles. The Morgan fingerprint density at radius 3 is 1.09 bits per heavy atom. The SMILES string of the molecule is CC/C=C\C/C=C\C/C=C\C/C=C\CCCCCCC(=O)OC(COC(=O)CCCC/C=C\C/C=C\C/C=C\C/C=C\CC)COP(=O)(O)OCC(CO)OC(=O)CCCCCCCCC/C=C\CCCCCCCC. The summed E-state index contributed by atoms with van der Waals surface area (Å²) in [5.74, 6) is -1.55. The molecule has 76 heavy (non-hydrogen) atoms. The first kappa shape index (κ1) is 72.1. The minimum absolute atomic E-state index is 0.125. The van der Waals surface area contributed by atoms with Crippen molar-refractivity contribution in [2.75, 3.05) is 26.4 Å². The Hall–Kier alpha value is -3.86. The smallest absolute Gasteiger partial charge is 0.462 e. The molecule has 0 spiro atoms. The Balaban J connectivity index is 4.80. The summed E-state index contributed by atoms with van der Waals surface area (Å²) in [5.41, 5.74) is 0. The van der Waals surface area contributed by atoms with Crippen molar-refractivity contribution in [2.45, 2.75) is 251 Å². The second kappa shape index (κ2) is 57.3. The third-order valence-electron chi connectivity index (χ3n) is 12.2. The summed E-state index contributed by atoms with van der Waals surface area (Å²) in [4.78, 5) is 48.6. The molecule has 3 unspecified atom stereocenters. The number of esters is 3. The van der Waals surface area contributed by atoms with Crippen LogP contribution in [0.5, 0.6) is 0 Å². The summed E-state index contributed by atoms with van der Waals surface area (Å²) in [6, 6.07) is 0. The van der Waals surface area contributed by atoms with Crippen LogP contribution in [0.2, 0.25) is 0 Å². The van der Waals surface area contributed by atoms with Crippen molar-refractivity contribution in [3.8, 4) is 0 Å². The Bertz CT molecular complexity index is 1690. The zero-order chi connectivity index (χ0) is 55.5. The van der Waals surface area contributed by atoms with E-state index < -0.39 is 57.8 Å². The van der Waals surface area contributed by atoms with Gasteiger partial charge in [-0.15, -0.1) is 0 Å². The standard InChI is InChI=1S/C64H107O11P/c1-4-7-10-13-16-19-22-25-28-30-33-36-39-42-45-48-51-54-63(67)74-60(56-65)58-72-76(69,70)73-59-61(57-71-62(66)53-50-47-44-41-38-35-32-27-24-21-18-15-12-9-6-3)75-64(68)55-52-49-46-43-40-37-34-31-29-26-23-20-17-14-11-8-5-2/h8-9,11-12,17-18,20-21,25-29,32,34,37-38,41,60-61,65H,4-7,10,13-16,19,22-24,30-31,33,35-36,39-40,42-59H2,1-3H3,(H,69,70)/b11-8-,12-9-,20-17-,21-18-,28-25-,29-26-,32-27-,37-34-,41-38-. The van der Waals surface area contributed by atoms with Gasteiger partial charge in [-0.25, -0.2) is 4.57 Å². The zero-order valence-corrected chi connectivity index (χ0v) is 48.8. The Labute approximate surface area is 463 Å². The van der Waals surface area contributed by atoms with E-state index in [0.717, 1.165) is 116 Å². The second-order valence-electron chi connectivity index (χ2n) is 19.4. The molecule has 2 N–H and O–H groups in total. The van der Waals surface area contributed by atoms with Crippen LogP contribution in [-0.2, 0) is 42.2 Å². The predicted molar refractivity (Wildman–Crippen MR) is 316 cm³/mol. The van der Waals surface area contributed by atoms with E-state index in [1.807, 2.05) is 0 Å². The highest BCUT2D eigenvalue weighted by molar-refractivity contribution is 7.47. The second-order valence-corrected chi connectivity index (χ2v) is 20.8. The number of ether oxygens (including phenoxy) is 3. The number of aliphatic hydroxyl groups is 1. The molecule has 0 radical (unpaired) electrons. The molecular formula is C64H107O11P. The van der Waals surface area contributed by atoms with Crippen molar-refractivity contribution in [2.24, 2.45) is 0 Å². The van der Waals surface area contributed by atoms with Crippen LogP contribution in [0.3, 0.4) is 0 Å². The average molecular weight is 1080 g/mol. The lowest BCUT2D eigenvalue weighted by Gasteiger charge is -2.21. The van der Waals surface area contributed by atoms with Crippen molar-refractivity contribution < 1.29 is 52.2 Å². The molecule has 0 aliphatic rings. The lowest BCUT2D eigenvalue weighted by molar-refractivity contribution is -0.161. The number of carbonyl (C=O) groups excluding carboxylic acids is 3. The largest absolute Gasteiger partial charge is 0.472 e. The van der Waals surface area contributed by atoms with E-state index in [1.165, 1.54) is 64.2 Å².